The Hall–Kier alpha value is -3.37. The summed E-state index contributed by atoms with van der Waals surface area (Å²) in [5.41, 5.74) is 4.44. The number of hydrogen-bond donors (Lipinski definition) is 1. The first-order chi connectivity index (χ1) is 23.0. The Morgan fingerprint density at radius 3 is 2.21 bits per heavy atom. The summed E-state index contributed by atoms with van der Waals surface area (Å²) in [6, 6.07) is 16.0. The van der Waals surface area contributed by atoms with Crippen LogP contribution in [0.3, 0.4) is 0 Å². The molecule has 0 unspecified atom stereocenters. The first-order valence-electron chi connectivity index (χ1n) is 17.3. The smallest absolute Gasteiger partial charge is 0.407 e. The normalized spacial score (nSPS) is 13.8. The quantitative estimate of drug-likeness (QED) is 0.0482. The molecule has 2 atom stereocenters. The van der Waals surface area contributed by atoms with E-state index >= 15 is 0 Å². The van der Waals surface area contributed by atoms with Gasteiger partial charge in [0.1, 0.15) is 18.8 Å². The third kappa shape index (κ3) is 13.6. The molecule has 10 heteroatoms. The zero-order chi connectivity index (χ0) is 34.9. The molecule has 0 saturated heterocycles. The average Bonchev–Trinajstić information content (AvgIpc) is 3.36. The second kappa shape index (κ2) is 20.2. The summed E-state index contributed by atoms with van der Waals surface area (Å²) in [5, 5.41) is 2.75. The van der Waals surface area contributed by atoms with Crippen molar-refractivity contribution in [1.82, 2.24) is 5.32 Å². The molecule has 1 aliphatic carbocycles. The van der Waals surface area contributed by atoms with Crippen LogP contribution >= 0.6 is 11.8 Å². The number of hydrogen-bond acceptors (Lipinski definition) is 8. The van der Waals surface area contributed by atoms with Crippen molar-refractivity contribution in [2.45, 2.75) is 109 Å². The van der Waals surface area contributed by atoms with Crippen LogP contribution in [0.1, 0.15) is 82.3 Å². The lowest BCUT2D eigenvalue weighted by atomic mass is 9.98. The SMILES string of the molecule is CCCCCCCC(=O)SCCC=C[C@H](CC(=O)OCC[Si](C)(C)C)OC(=O)[C@@H](C)NC(=O)OCC1c2ccccc2-c2ccccc21. The number of amides is 1. The highest BCUT2D eigenvalue weighted by Crippen LogP contribution is 2.44. The molecule has 48 heavy (non-hydrogen) atoms. The second-order valence-corrected chi connectivity index (χ2v) is 20.3. The second-order valence-electron chi connectivity index (χ2n) is 13.5. The van der Waals surface area contributed by atoms with Gasteiger partial charge in [0.2, 0.25) is 0 Å². The molecule has 0 aliphatic heterocycles. The van der Waals surface area contributed by atoms with Crippen molar-refractivity contribution in [2.75, 3.05) is 19.0 Å². The largest absolute Gasteiger partial charge is 0.466 e. The van der Waals surface area contributed by atoms with Crippen LogP contribution in [-0.2, 0) is 28.6 Å². The number of carbonyl (C=O) groups excluding carboxylic acids is 4. The van der Waals surface area contributed by atoms with E-state index in [1.807, 2.05) is 42.5 Å². The van der Waals surface area contributed by atoms with E-state index in [1.165, 1.54) is 31.5 Å². The van der Waals surface area contributed by atoms with Crippen LogP contribution in [0.4, 0.5) is 4.79 Å². The lowest BCUT2D eigenvalue weighted by Crippen LogP contribution is -2.41. The van der Waals surface area contributed by atoms with Gasteiger partial charge in [-0.15, -0.1) is 0 Å². The minimum absolute atomic E-state index is 0.105. The van der Waals surface area contributed by atoms with Crippen LogP contribution in [0.15, 0.2) is 60.7 Å². The van der Waals surface area contributed by atoms with Crippen LogP contribution < -0.4 is 5.32 Å². The Morgan fingerprint density at radius 2 is 1.56 bits per heavy atom. The van der Waals surface area contributed by atoms with Gasteiger partial charge in [0, 0.05) is 26.2 Å². The fraction of sp³-hybridized carbons (Fsp3) is 0.526. The number of thioether (sulfide) groups is 1. The maximum absolute atomic E-state index is 13.0. The molecule has 0 radical (unpaired) electrons. The van der Waals surface area contributed by atoms with Crippen molar-refractivity contribution in [1.29, 1.82) is 0 Å². The van der Waals surface area contributed by atoms with E-state index < -0.39 is 38.3 Å². The minimum Gasteiger partial charge on any atom is -0.466 e. The van der Waals surface area contributed by atoms with Gasteiger partial charge in [0.05, 0.1) is 13.0 Å². The van der Waals surface area contributed by atoms with Crippen LogP contribution in [0, 0.1) is 0 Å². The maximum atomic E-state index is 13.0. The Bertz CT molecular complexity index is 1340. The number of esters is 2. The topological polar surface area (TPSA) is 108 Å². The summed E-state index contributed by atoms with van der Waals surface area (Å²) in [5.74, 6) is -0.655. The first-order valence-corrected chi connectivity index (χ1v) is 22.0. The van der Waals surface area contributed by atoms with E-state index in [4.69, 9.17) is 14.2 Å². The summed E-state index contributed by atoms with van der Waals surface area (Å²) in [7, 11) is -1.38. The van der Waals surface area contributed by atoms with Crippen LogP contribution in [0.2, 0.25) is 25.7 Å². The van der Waals surface area contributed by atoms with Crippen molar-refractivity contribution in [3.63, 3.8) is 0 Å². The van der Waals surface area contributed by atoms with Gasteiger partial charge in [-0.2, -0.15) is 0 Å². The number of allylic oxidation sites excluding steroid dienone is 1. The summed E-state index contributed by atoms with van der Waals surface area (Å²) in [4.78, 5) is 50.6. The molecule has 2 aromatic rings. The molecule has 1 amide bonds. The van der Waals surface area contributed by atoms with E-state index in [-0.39, 0.29) is 24.1 Å². The highest BCUT2D eigenvalue weighted by Gasteiger charge is 2.30. The molecule has 8 nitrogen and oxygen atoms in total. The number of alkyl carbamates (subject to hydrolysis) is 1. The third-order valence-corrected chi connectivity index (χ3v) is 10.8. The van der Waals surface area contributed by atoms with Crippen molar-refractivity contribution in [3.8, 4) is 11.1 Å². The first kappa shape index (κ1) is 39.1. The van der Waals surface area contributed by atoms with Crippen molar-refractivity contribution >= 4 is 43.0 Å². The molecule has 0 saturated carbocycles. The molecule has 3 rings (SSSR count). The van der Waals surface area contributed by atoms with E-state index in [0.717, 1.165) is 47.6 Å². The number of nitrogens with one attached hydrogen (secondary N) is 1. The fourth-order valence-electron chi connectivity index (χ4n) is 5.40. The van der Waals surface area contributed by atoms with Gasteiger partial charge < -0.3 is 19.5 Å². The standard InChI is InChI=1S/C38H53NO7SSi/c1-6-7-8-9-10-22-36(41)47-24-16-15-17-29(26-35(40)44-23-25-48(3,4)5)46-37(42)28(2)39-38(43)45-27-34-32-20-13-11-18-30(32)31-19-12-14-21-33(31)34/h11-15,17-21,28-29,34H,6-10,16,22-27H2,1-5H3,(H,39,43)/t28-,29-/m1/s1. The maximum Gasteiger partial charge on any atom is 0.407 e. The lowest BCUT2D eigenvalue weighted by Gasteiger charge is -2.20. The third-order valence-electron chi connectivity index (χ3n) is 8.16. The van der Waals surface area contributed by atoms with E-state index in [9.17, 15) is 19.2 Å². The summed E-state index contributed by atoms with van der Waals surface area (Å²) >= 11 is 1.30. The Balaban J connectivity index is 1.50. The number of unbranched alkanes of at least 4 members (excludes halogenated alkanes) is 4. The predicted octanol–water partition coefficient (Wildman–Crippen LogP) is 8.66. The molecule has 1 aliphatic rings. The molecule has 0 aromatic heterocycles. The molecule has 2 aromatic carbocycles. The fourth-order valence-corrected chi connectivity index (χ4v) is 6.89. The number of carbonyl (C=O) groups is 4. The zero-order valence-electron chi connectivity index (χ0n) is 29.3. The average molecular weight is 696 g/mol. The van der Waals surface area contributed by atoms with E-state index in [1.54, 1.807) is 6.08 Å². The molecular formula is C38H53NO7SSi. The molecule has 262 valence electrons. The van der Waals surface area contributed by atoms with Gasteiger partial charge in [-0.1, -0.05) is 119 Å². The van der Waals surface area contributed by atoms with Crippen molar-refractivity contribution < 1.29 is 33.4 Å². The Morgan fingerprint density at radius 1 is 0.917 bits per heavy atom. The molecular weight excluding hydrogens is 643 g/mol. The summed E-state index contributed by atoms with van der Waals surface area (Å²) < 4.78 is 16.7. The van der Waals surface area contributed by atoms with E-state index in [2.05, 4.69) is 44.0 Å². The predicted molar refractivity (Wildman–Crippen MR) is 196 cm³/mol. The summed E-state index contributed by atoms with van der Waals surface area (Å²) in [6.45, 7) is 10.7. The number of benzene rings is 2. The highest BCUT2D eigenvalue weighted by molar-refractivity contribution is 8.13. The van der Waals surface area contributed by atoms with Crippen LogP contribution in [0.25, 0.3) is 11.1 Å². The monoisotopic (exact) mass is 695 g/mol. The van der Waals surface area contributed by atoms with Gasteiger partial charge in [-0.25, -0.2) is 9.59 Å². The number of fused-ring (bicyclic) bond motifs is 3. The highest BCUT2D eigenvalue weighted by atomic mass is 32.2. The number of rotatable bonds is 20. The Kier molecular flexibility index (Phi) is 16.5. The molecule has 0 bridgehead atoms. The van der Waals surface area contributed by atoms with Crippen LogP contribution in [-0.4, -0.2) is 62.3 Å². The lowest BCUT2D eigenvalue weighted by molar-refractivity contribution is -0.153. The zero-order valence-corrected chi connectivity index (χ0v) is 31.1. The molecule has 0 spiro atoms. The summed E-state index contributed by atoms with van der Waals surface area (Å²) in [6.07, 6.45) is 8.43. The van der Waals surface area contributed by atoms with Gasteiger partial charge in [0.15, 0.2) is 5.12 Å². The van der Waals surface area contributed by atoms with E-state index in [0.29, 0.717) is 25.2 Å². The van der Waals surface area contributed by atoms with Gasteiger partial charge in [-0.05, 0) is 54.1 Å². The number of ether oxygens (including phenoxy) is 3. The molecule has 0 heterocycles. The molecule has 0 fully saturated rings. The van der Waals surface area contributed by atoms with Crippen molar-refractivity contribution in [3.05, 3.63) is 71.8 Å². The van der Waals surface area contributed by atoms with Gasteiger partial charge in [0.25, 0.3) is 0 Å². The Labute approximate surface area is 291 Å². The van der Waals surface area contributed by atoms with Gasteiger partial charge >= 0.3 is 18.0 Å². The van der Waals surface area contributed by atoms with Crippen molar-refractivity contribution in [2.24, 2.45) is 0 Å². The molecule has 1 N–H and O–H groups in total. The van der Waals surface area contributed by atoms with Gasteiger partial charge in [-0.3, -0.25) is 9.59 Å². The van der Waals surface area contributed by atoms with Crippen LogP contribution in [0.5, 0.6) is 0 Å². The minimum atomic E-state index is -1.38.